The second kappa shape index (κ2) is 8.88. The lowest BCUT2D eigenvalue weighted by Gasteiger charge is -2.17. The van der Waals surface area contributed by atoms with Crippen molar-refractivity contribution in [2.45, 2.75) is 43.6 Å². The predicted octanol–water partition coefficient (Wildman–Crippen LogP) is 5.30. The van der Waals surface area contributed by atoms with Crippen LogP contribution in [0.3, 0.4) is 0 Å². The third-order valence-corrected chi connectivity index (χ3v) is 8.32. The Morgan fingerprint density at radius 3 is 2.91 bits per heavy atom. The van der Waals surface area contributed by atoms with E-state index in [1.807, 2.05) is 34.9 Å². The van der Waals surface area contributed by atoms with Crippen molar-refractivity contribution in [3.05, 3.63) is 80.9 Å². The summed E-state index contributed by atoms with van der Waals surface area (Å²) in [6, 6.07) is 13.9. The minimum absolute atomic E-state index is 0.0327. The molecule has 4 heterocycles. The SMILES string of the molecule is CC1CCc2c(sc3nc(CSc4nnc(-c5ccco5)n4Cc4ccccc4)[nH]c(=O)c23)C1. The summed E-state index contributed by atoms with van der Waals surface area (Å²) in [5, 5.41) is 10.4. The first kappa shape index (κ1) is 21.4. The second-order valence-electron chi connectivity index (χ2n) is 8.69. The van der Waals surface area contributed by atoms with Crippen molar-refractivity contribution < 1.29 is 4.42 Å². The monoisotopic (exact) mass is 489 g/mol. The Morgan fingerprint density at radius 1 is 1.21 bits per heavy atom. The van der Waals surface area contributed by atoms with Gasteiger partial charge in [0.25, 0.3) is 5.56 Å². The highest BCUT2D eigenvalue weighted by Crippen LogP contribution is 2.36. The predicted molar refractivity (Wildman–Crippen MR) is 134 cm³/mol. The number of H-pyrrole nitrogens is 1. The van der Waals surface area contributed by atoms with Gasteiger partial charge in [-0.25, -0.2) is 4.98 Å². The van der Waals surface area contributed by atoms with Crippen LogP contribution in [-0.2, 0) is 25.1 Å². The van der Waals surface area contributed by atoms with Gasteiger partial charge in [0.2, 0.25) is 5.82 Å². The molecule has 1 aromatic carbocycles. The van der Waals surface area contributed by atoms with E-state index in [1.54, 1.807) is 17.6 Å². The molecular formula is C25H23N5O2S2. The molecule has 34 heavy (non-hydrogen) atoms. The summed E-state index contributed by atoms with van der Waals surface area (Å²) in [5.41, 5.74) is 2.31. The zero-order chi connectivity index (χ0) is 23.1. The van der Waals surface area contributed by atoms with Crippen LogP contribution in [0.4, 0.5) is 0 Å². The molecule has 0 radical (unpaired) electrons. The van der Waals surface area contributed by atoms with Crippen LogP contribution in [0.5, 0.6) is 0 Å². The molecule has 1 N–H and O–H groups in total. The first-order chi connectivity index (χ1) is 16.7. The number of fused-ring (bicyclic) bond motifs is 3. The van der Waals surface area contributed by atoms with Gasteiger partial charge >= 0.3 is 0 Å². The number of thioether (sulfide) groups is 1. The molecule has 172 valence electrons. The van der Waals surface area contributed by atoms with E-state index in [0.717, 1.165) is 40.2 Å². The summed E-state index contributed by atoms with van der Waals surface area (Å²) in [5.74, 6) is 3.15. The molecule has 0 aliphatic heterocycles. The van der Waals surface area contributed by atoms with E-state index in [0.29, 0.717) is 35.6 Å². The fraction of sp³-hybridized carbons (Fsp3) is 0.280. The third-order valence-electron chi connectivity index (χ3n) is 6.19. The third kappa shape index (κ3) is 3.99. The van der Waals surface area contributed by atoms with Crippen LogP contribution in [0.15, 0.2) is 63.1 Å². The molecule has 7 nitrogen and oxygen atoms in total. The van der Waals surface area contributed by atoms with E-state index < -0.39 is 0 Å². The van der Waals surface area contributed by atoms with Crippen molar-refractivity contribution >= 4 is 33.3 Å². The van der Waals surface area contributed by atoms with Gasteiger partial charge in [0.1, 0.15) is 10.7 Å². The minimum atomic E-state index is -0.0327. The lowest BCUT2D eigenvalue weighted by molar-refractivity contribution is 0.509. The van der Waals surface area contributed by atoms with E-state index in [2.05, 4.69) is 34.2 Å². The Labute approximate surface area is 204 Å². The minimum Gasteiger partial charge on any atom is -0.461 e. The summed E-state index contributed by atoms with van der Waals surface area (Å²) in [6.45, 7) is 2.89. The molecule has 1 aliphatic rings. The lowest BCUT2D eigenvalue weighted by atomic mass is 9.89. The van der Waals surface area contributed by atoms with Crippen LogP contribution in [0.25, 0.3) is 21.8 Å². The van der Waals surface area contributed by atoms with Gasteiger partial charge < -0.3 is 9.40 Å². The van der Waals surface area contributed by atoms with Gasteiger partial charge in [-0.05, 0) is 48.4 Å². The largest absolute Gasteiger partial charge is 0.461 e. The van der Waals surface area contributed by atoms with E-state index >= 15 is 0 Å². The fourth-order valence-corrected chi connectivity index (χ4v) is 6.70. The highest BCUT2D eigenvalue weighted by molar-refractivity contribution is 7.98. The van der Waals surface area contributed by atoms with Crippen molar-refractivity contribution in [1.82, 2.24) is 24.7 Å². The summed E-state index contributed by atoms with van der Waals surface area (Å²) < 4.78 is 7.64. The maximum Gasteiger partial charge on any atom is 0.259 e. The van der Waals surface area contributed by atoms with Gasteiger partial charge in [0, 0.05) is 4.88 Å². The molecule has 6 rings (SSSR count). The normalized spacial score (nSPS) is 15.6. The van der Waals surface area contributed by atoms with Crippen LogP contribution >= 0.6 is 23.1 Å². The van der Waals surface area contributed by atoms with Crippen LogP contribution in [-0.4, -0.2) is 24.7 Å². The number of hydrogen-bond donors (Lipinski definition) is 1. The summed E-state index contributed by atoms with van der Waals surface area (Å²) in [7, 11) is 0. The number of thiophene rings is 1. The molecular weight excluding hydrogens is 466 g/mol. The number of rotatable bonds is 6. The molecule has 0 saturated heterocycles. The summed E-state index contributed by atoms with van der Waals surface area (Å²) >= 11 is 3.18. The summed E-state index contributed by atoms with van der Waals surface area (Å²) in [4.78, 5) is 23.0. The number of nitrogens with one attached hydrogen (secondary N) is 1. The van der Waals surface area contributed by atoms with Crippen LogP contribution in [0.1, 0.15) is 35.2 Å². The molecule has 1 unspecified atom stereocenters. The maximum atomic E-state index is 12.9. The Bertz CT molecular complexity index is 1500. The molecule has 9 heteroatoms. The summed E-state index contributed by atoms with van der Waals surface area (Å²) in [6.07, 6.45) is 4.77. The van der Waals surface area contributed by atoms with Crippen molar-refractivity contribution in [2.24, 2.45) is 5.92 Å². The molecule has 5 aromatic rings. The highest BCUT2D eigenvalue weighted by atomic mass is 32.2. The first-order valence-corrected chi connectivity index (χ1v) is 13.1. The Hall–Kier alpha value is -3.17. The van der Waals surface area contributed by atoms with Crippen molar-refractivity contribution in [1.29, 1.82) is 0 Å². The average Bonchev–Trinajstić information content (AvgIpc) is 3.56. The van der Waals surface area contributed by atoms with Crippen molar-refractivity contribution in [3.8, 4) is 11.6 Å². The number of benzene rings is 1. The molecule has 0 fully saturated rings. The Morgan fingerprint density at radius 2 is 2.09 bits per heavy atom. The van der Waals surface area contributed by atoms with Gasteiger partial charge in [-0.15, -0.1) is 21.5 Å². The van der Waals surface area contributed by atoms with Crippen LogP contribution < -0.4 is 5.56 Å². The molecule has 0 bridgehead atoms. The number of nitrogens with zero attached hydrogens (tertiary/aromatic N) is 4. The quantitative estimate of drug-likeness (QED) is 0.326. The number of aryl methyl sites for hydroxylation is 1. The van der Waals surface area contributed by atoms with Crippen LogP contribution in [0, 0.1) is 5.92 Å². The highest BCUT2D eigenvalue weighted by Gasteiger charge is 2.23. The van der Waals surface area contributed by atoms with Crippen molar-refractivity contribution in [3.63, 3.8) is 0 Å². The zero-order valence-electron chi connectivity index (χ0n) is 18.7. The fourth-order valence-electron chi connectivity index (χ4n) is 4.49. The molecule has 1 atom stereocenters. The number of aromatic amines is 1. The number of aromatic nitrogens is 5. The molecule has 1 aliphatic carbocycles. The van der Waals surface area contributed by atoms with E-state index in [1.165, 1.54) is 22.2 Å². The lowest BCUT2D eigenvalue weighted by Crippen LogP contribution is -2.14. The Balaban J connectivity index is 1.30. The smallest absolute Gasteiger partial charge is 0.259 e. The number of hydrogen-bond acceptors (Lipinski definition) is 7. The molecule has 0 saturated carbocycles. The zero-order valence-corrected chi connectivity index (χ0v) is 20.3. The van der Waals surface area contributed by atoms with E-state index in [9.17, 15) is 4.79 Å². The molecule has 4 aromatic heterocycles. The topological polar surface area (TPSA) is 89.6 Å². The Kier molecular flexibility index (Phi) is 5.58. The van der Waals surface area contributed by atoms with Gasteiger partial charge in [-0.1, -0.05) is 49.0 Å². The average molecular weight is 490 g/mol. The van der Waals surface area contributed by atoms with Gasteiger partial charge in [-0.3, -0.25) is 9.36 Å². The van der Waals surface area contributed by atoms with E-state index in [-0.39, 0.29) is 5.56 Å². The van der Waals surface area contributed by atoms with Gasteiger partial charge in [0.05, 0.1) is 23.9 Å². The van der Waals surface area contributed by atoms with E-state index in [4.69, 9.17) is 9.40 Å². The molecule has 0 spiro atoms. The van der Waals surface area contributed by atoms with Gasteiger partial charge in [-0.2, -0.15) is 0 Å². The maximum absolute atomic E-state index is 12.9. The second-order valence-corrected chi connectivity index (χ2v) is 10.7. The first-order valence-electron chi connectivity index (χ1n) is 11.3. The van der Waals surface area contributed by atoms with Crippen molar-refractivity contribution in [2.75, 3.05) is 0 Å². The number of furan rings is 1. The standard InChI is InChI=1S/C25H23N5O2S2/c1-15-9-10-17-19(12-15)34-24-21(17)23(31)26-20(27-24)14-33-25-29-28-22(18-8-5-11-32-18)30(25)13-16-6-3-2-4-7-16/h2-8,11,15H,9-10,12-14H2,1H3,(H,26,27,31). The molecule has 0 amide bonds. The van der Waals surface area contributed by atoms with Gasteiger partial charge in [0.15, 0.2) is 10.9 Å². The van der Waals surface area contributed by atoms with Crippen LogP contribution in [0.2, 0.25) is 0 Å².